The first-order valence-electron chi connectivity index (χ1n) is 9.24. The van der Waals surface area contributed by atoms with Gasteiger partial charge in [-0.3, -0.25) is 14.6 Å². The molecule has 3 heterocycles. The van der Waals surface area contributed by atoms with Gasteiger partial charge in [0.05, 0.1) is 5.69 Å². The van der Waals surface area contributed by atoms with Crippen LogP contribution in [-0.4, -0.2) is 56.0 Å². The third-order valence-electron chi connectivity index (χ3n) is 5.50. The number of hydrogen-bond donors (Lipinski definition) is 1. The van der Waals surface area contributed by atoms with Gasteiger partial charge in [-0.05, 0) is 44.6 Å². The van der Waals surface area contributed by atoms with Crippen molar-refractivity contribution >= 4 is 5.91 Å². The summed E-state index contributed by atoms with van der Waals surface area (Å²) in [6.07, 6.45) is 2.49. The number of aryl methyl sites for hydroxylation is 2. The Balaban J connectivity index is 1.48. The number of H-pyrrole nitrogens is 1. The molecule has 1 saturated carbocycles. The van der Waals surface area contributed by atoms with Gasteiger partial charge >= 0.3 is 0 Å². The first-order chi connectivity index (χ1) is 12.5. The van der Waals surface area contributed by atoms with E-state index in [-0.39, 0.29) is 11.8 Å². The van der Waals surface area contributed by atoms with Gasteiger partial charge in [0, 0.05) is 31.8 Å². The molecule has 2 aliphatic rings. The maximum Gasteiger partial charge on any atom is 0.244 e. The quantitative estimate of drug-likeness (QED) is 0.843. The molecule has 4 rings (SSSR count). The standard InChI is InChI=1S/C18H26N6O2/c1-11-6-12(2)24(22-11)9-17(25)23-7-14(13-4-5-13)15(8-23)18-19-16(10-26-3)20-21-18/h6,13-15H,4-5,7-10H2,1-3H3,(H,19,20,21)/t14-,15+/m1/s1. The second-order valence-electron chi connectivity index (χ2n) is 7.56. The van der Waals surface area contributed by atoms with Crippen LogP contribution in [0.25, 0.3) is 0 Å². The minimum Gasteiger partial charge on any atom is -0.377 e. The van der Waals surface area contributed by atoms with Crippen LogP contribution in [0.1, 0.15) is 41.8 Å². The molecule has 2 aromatic rings. The molecule has 0 unspecified atom stereocenters. The van der Waals surface area contributed by atoms with Crippen LogP contribution >= 0.6 is 0 Å². The molecule has 1 amide bonds. The fourth-order valence-corrected chi connectivity index (χ4v) is 4.05. The van der Waals surface area contributed by atoms with E-state index in [0.717, 1.165) is 29.6 Å². The number of likely N-dealkylation sites (tertiary alicyclic amines) is 1. The van der Waals surface area contributed by atoms with Gasteiger partial charge in [-0.1, -0.05) is 0 Å². The molecule has 0 aromatic carbocycles. The molecular weight excluding hydrogens is 332 g/mol. The third kappa shape index (κ3) is 3.38. The number of aromatic amines is 1. The monoisotopic (exact) mass is 358 g/mol. The lowest BCUT2D eigenvalue weighted by Crippen LogP contribution is -2.32. The molecule has 8 nitrogen and oxygen atoms in total. The van der Waals surface area contributed by atoms with Crippen molar-refractivity contribution < 1.29 is 9.53 Å². The minimum atomic E-state index is 0.122. The second-order valence-corrected chi connectivity index (χ2v) is 7.56. The van der Waals surface area contributed by atoms with Gasteiger partial charge in [0.1, 0.15) is 13.2 Å². The molecule has 1 aliphatic carbocycles. The van der Waals surface area contributed by atoms with Crippen molar-refractivity contribution in [1.29, 1.82) is 0 Å². The Labute approximate surface area is 152 Å². The summed E-state index contributed by atoms with van der Waals surface area (Å²) in [6.45, 7) is 6.13. The van der Waals surface area contributed by atoms with Gasteiger partial charge in [0.2, 0.25) is 5.91 Å². The number of rotatable bonds is 6. The van der Waals surface area contributed by atoms with Crippen molar-refractivity contribution in [3.05, 3.63) is 29.1 Å². The van der Waals surface area contributed by atoms with E-state index in [4.69, 9.17) is 4.74 Å². The number of aromatic nitrogens is 5. The Morgan fingerprint density at radius 2 is 2.15 bits per heavy atom. The zero-order valence-corrected chi connectivity index (χ0v) is 15.6. The van der Waals surface area contributed by atoms with E-state index in [2.05, 4.69) is 20.3 Å². The van der Waals surface area contributed by atoms with Crippen LogP contribution in [0.2, 0.25) is 0 Å². The van der Waals surface area contributed by atoms with Crippen LogP contribution in [0, 0.1) is 25.7 Å². The average Bonchev–Trinajstić information content (AvgIpc) is 3.03. The summed E-state index contributed by atoms with van der Waals surface area (Å²) in [4.78, 5) is 19.4. The number of carbonyl (C=O) groups is 1. The summed E-state index contributed by atoms with van der Waals surface area (Å²) in [5, 5.41) is 11.8. The van der Waals surface area contributed by atoms with Crippen LogP contribution in [0.3, 0.4) is 0 Å². The van der Waals surface area contributed by atoms with Gasteiger partial charge in [0.25, 0.3) is 0 Å². The number of amides is 1. The topological polar surface area (TPSA) is 88.9 Å². The molecule has 0 spiro atoms. The molecular formula is C18H26N6O2. The number of methoxy groups -OCH3 is 1. The Morgan fingerprint density at radius 3 is 2.81 bits per heavy atom. The lowest BCUT2D eigenvalue weighted by molar-refractivity contribution is -0.131. The molecule has 2 aromatic heterocycles. The Bertz CT molecular complexity index is 793. The summed E-state index contributed by atoms with van der Waals surface area (Å²) >= 11 is 0. The SMILES string of the molecule is COCc1nc([C@H]2CN(C(=O)Cn3nc(C)cc3C)C[C@@H]2C2CC2)n[nH]1. The molecule has 0 radical (unpaired) electrons. The number of carbonyl (C=O) groups excluding carboxylic acids is 1. The molecule has 140 valence electrons. The number of nitrogens with one attached hydrogen (secondary N) is 1. The lowest BCUT2D eigenvalue weighted by atomic mass is 9.91. The van der Waals surface area contributed by atoms with Gasteiger partial charge in [0.15, 0.2) is 11.6 Å². The van der Waals surface area contributed by atoms with Crippen LogP contribution in [0.4, 0.5) is 0 Å². The fourth-order valence-electron chi connectivity index (χ4n) is 4.05. The predicted molar refractivity (Wildman–Crippen MR) is 94.3 cm³/mol. The Morgan fingerprint density at radius 1 is 1.35 bits per heavy atom. The van der Waals surface area contributed by atoms with Gasteiger partial charge in [-0.2, -0.15) is 10.2 Å². The minimum absolute atomic E-state index is 0.122. The summed E-state index contributed by atoms with van der Waals surface area (Å²) in [6, 6.07) is 2.00. The lowest BCUT2D eigenvalue weighted by Gasteiger charge is -2.16. The highest BCUT2D eigenvalue weighted by Gasteiger charge is 2.45. The van der Waals surface area contributed by atoms with Gasteiger partial charge < -0.3 is 9.64 Å². The summed E-state index contributed by atoms with van der Waals surface area (Å²) in [5.74, 6) is 3.02. The van der Waals surface area contributed by atoms with E-state index in [1.807, 2.05) is 24.8 Å². The van der Waals surface area contributed by atoms with E-state index in [9.17, 15) is 4.79 Å². The van der Waals surface area contributed by atoms with E-state index in [0.29, 0.717) is 31.5 Å². The smallest absolute Gasteiger partial charge is 0.244 e. The molecule has 1 aliphatic heterocycles. The molecule has 2 atom stereocenters. The summed E-state index contributed by atoms with van der Waals surface area (Å²) in [7, 11) is 1.64. The number of ether oxygens (including phenoxy) is 1. The van der Waals surface area contributed by atoms with E-state index >= 15 is 0 Å². The molecule has 26 heavy (non-hydrogen) atoms. The van der Waals surface area contributed by atoms with Crippen molar-refractivity contribution in [3.63, 3.8) is 0 Å². The highest BCUT2D eigenvalue weighted by molar-refractivity contribution is 5.76. The molecule has 1 saturated heterocycles. The summed E-state index contributed by atoms with van der Waals surface area (Å²) in [5.41, 5.74) is 1.96. The average molecular weight is 358 g/mol. The van der Waals surface area contributed by atoms with Crippen LogP contribution in [0.5, 0.6) is 0 Å². The van der Waals surface area contributed by atoms with Crippen molar-refractivity contribution in [2.45, 2.75) is 45.8 Å². The van der Waals surface area contributed by atoms with Crippen molar-refractivity contribution in [2.75, 3.05) is 20.2 Å². The molecule has 8 heteroatoms. The largest absolute Gasteiger partial charge is 0.377 e. The highest BCUT2D eigenvalue weighted by Crippen LogP contribution is 2.47. The fraction of sp³-hybridized carbons (Fsp3) is 0.667. The normalized spacial score (nSPS) is 23.0. The molecule has 0 bridgehead atoms. The maximum atomic E-state index is 12.8. The number of hydrogen-bond acceptors (Lipinski definition) is 5. The molecule has 2 fully saturated rings. The number of nitrogens with zero attached hydrogens (tertiary/aromatic N) is 5. The van der Waals surface area contributed by atoms with Crippen molar-refractivity contribution in [2.24, 2.45) is 11.8 Å². The maximum absolute atomic E-state index is 12.8. The van der Waals surface area contributed by atoms with Crippen LogP contribution in [-0.2, 0) is 22.7 Å². The molecule has 1 N–H and O–H groups in total. The van der Waals surface area contributed by atoms with Crippen LogP contribution in [0.15, 0.2) is 6.07 Å². The second kappa shape index (κ2) is 6.83. The predicted octanol–water partition coefficient (Wildman–Crippen LogP) is 1.42. The Hall–Kier alpha value is -2.22. The third-order valence-corrected chi connectivity index (χ3v) is 5.50. The van der Waals surface area contributed by atoms with E-state index < -0.39 is 0 Å². The highest BCUT2D eigenvalue weighted by atomic mass is 16.5. The van der Waals surface area contributed by atoms with Crippen molar-refractivity contribution in [1.82, 2.24) is 29.9 Å². The Kier molecular flexibility index (Phi) is 4.52. The zero-order valence-electron chi connectivity index (χ0n) is 15.6. The first-order valence-corrected chi connectivity index (χ1v) is 9.24. The van der Waals surface area contributed by atoms with E-state index in [1.54, 1.807) is 11.8 Å². The van der Waals surface area contributed by atoms with E-state index in [1.165, 1.54) is 12.8 Å². The van der Waals surface area contributed by atoms with Gasteiger partial charge in [-0.15, -0.1) is 0 Å². The van der Waals surface area contributed by atoms with Crippen molar-refractivity contribution in [3.8, 4) is 0 Å². The summed E-state index contributed by atoms with van der Waals surface area (Å²) < 4.78 is 6.91. The zero-order chi connectivity index (χ0) is 18.3. The first kappa shape index (κ1) is 17.2. The van der Waals surface area contributed by atoms with Gasteiger partial charge in [-0.25, -0.2) is 4.98 Å². The van der Waals surface area contributed by atoms with Crippen LogP contribution < -0.4 is 0 Å².